The van der Waals surface area contributed by atoms with Crippen molar-refractivity contribution in [3.05, 3.63) is 63.5 Å². The van der Waals surface area contributed by atoms with Crippen LogP contribution in [-0.2, 0) is 9.59 Å². The van der Waals surface area contributed by atoms with Crippen LogP contribution in [0.25, 0.3) is 33.5 Å². The molecule has 0 bridgehead atoms. The van der Waals surface area contributed by atoms with E-state index in [0.717, 1.165) is 0 Å². The van der Waals surface area contributed by atoms with E-state index in [1.807, 2.05) is 0 Å². The molecule has 0 radical (unpaired) electrons. The lowest BCUT2D eigenvalue weighted by Gasteiger charge is -2.16. The molecule has 2 heterocycles. The maximum absolute atomic E-state index is 12.6. The van der Waals surface area contributed by atoms with Crippen LogP contribution in [0.1, 0.15) is 37.2 Å². The van der Waals surface area contributed by atoms with Crippen molar-refractivity contribution in [3.63, 3.8) is 0 Å². The van der Waals surface area contributed by atoms with E-state index in [9.17, 15) is 14.4 Å². The van der Waals surface area contributed by atoms with E-state index in [-0.39, 0.29) is 43.1 Å². The molecule has 0 atom stereocenters. The van der Waals surface area contributed by atoms with Gasteiger partial charge in [0, 0.05) is 23.3 Å². The first-order valence-corrected chi connectivity index (χ1v) is 10.3. The van der Waals surface area contributed by atoms with Crippen LogP contribution in [0, 0.1) is 0 Å². The third-order valence-electron chi connectivity index (χ3n) is 5.22. The number of carboxylic acids is 2. The number of hydrogen-bond acceptors (Lipinski definition) is 6. The predicted octanol–water partition coefficient (Wildman–Crippen LogP) is 5.07. The number of carboxylic acid groups (broad SMARTS) is 2. The second-order valence-electron chi connectivity index (χ2n) is 7.44. The summed E-state index contributed by atoms with van der Waals surface area (Å²) < 4.78 is 11.2. The Hall–Kier alpha value is -3.65. The molecule has 0 fully saturated rings. The van der Waals surface area contributed by atoms with Gasteiger partial charge in [0.1, 0.15) is 16.7 Å². The number of nitrogens with zero attached hydrogens (tertiary/aromatic N) is 1. The molecule has 0 aliphatic rings. The fourth-order valence-corrected chi connectivity index (χ4v) is 3.79. The van der Waals surface area contributed by atoms with Gasteiger partial charge >= 0.3 is 17.6 Å². The van der Waals surface area contributed by atoms with Gasteiger partial charge in [0.2, 0.25) is 5.89 Å². The van der Waals surface area contributed by atoms with Crippen molar-refractivity contribution in [3.8, 4) is 11.5 Å². The van der Waals surface area contributed by atoms with Gasteiger partial charge in [-0.3, -0.25) is 9.59 Å². The quantitative estimate of drug-likeness (QED) is 0.352. The van der Waals surface area contributed by atoms with Crippen molar-refractivity contribution in [1.82, 2.24) is 4.98 Å². The number of aromatic nitrogens is 1. The molecule has 0 saturated carbocycles. The number of hydrogen-bond donors (Lipinski definition) is 2. The second kappa shape index (κ2) is 8.84. The summed E-state index contributed by atoms with van der Waals surface area (Å²) in [5.74, 6) is -2.09. The molecule has 2 aromatic carbocycles. The Bertz CT molecular complexity index is 1370. The van der Waals surface area contributed by atoms with Gasteiger partial charge in [-0.15, -0.1) is 0 Å². The number of aliphatic carboxylic acids is 2. The molecule has 0 saturated heterocycles. The molecule has 0 amide bonds. The number of rotatable bonds is 8. The Morgan fingerprint density at radius 2 is 1.66 bits per heavy atom. The third kappa shape index (κ3) is 4.65. The lowest BCUT2D eigenvalue weighted by Crippen LogP contribution is -2.07. The van der Waals surface area contributed by atoms with E-state index < -0.39 is 17.6 Å². The van der Waals surface area contributed by atoms with Gasteiger partial charge in [-0.1, -0.05) is 23.7 Å². The molecule has 9 heteroatoms. The van der Waals surface area contributed by atoms with Crippen LogP contribution < -0.4 is 5.63 Å². The molecule has 4 rings (SSSR count). The third-order valence-corrected chi connectivity index (χ3v) is 5.46. The summed E-state index contributed by atoms with van der Waals surface area (Å²) >= 11 is 5.98. The maximum Gasteiger partial charge on any atom is 0.349 e. The van der Waals surface area contributed by atoms with E-state index in [1.165, 1.54) is 0 Å². The van der Waals surface area contributed by atoms with Crippen molar-refractivity contribution in [2.24, 2.45) is 0 Å². The summed E-state index contributed by atoms with van der Waals surface area (Å²) in [6.45, 7) is 0. The zero-order chi connectivity index (χ0) is 22.8. The minimum atomic E-state index is -0.957. The predicted molar refractivity (Wildman–Crippen MR) is 117 cm³/mol. The van der Waals surface area contributed by atoms with Gasteiger partial charge in [0.15, 0.2) is 5.58 Å². The minimum Gasteiger partial charge on any atom is -0.481 e. The van der Waals surface area contributed by atoms with Gasteiger partial charge in [0.05, 0.1) is 0 Å². The summed E-state index contributed by atoms with van der Waals surface area (Å²) in [5, 5.41) is 19.1. The fraction of sp³-hybridized carbons (Fsp3) is 0.217. The molecule has 0 aliphatic heterocycles. The van der Waals surface area contributed by atoms with Crippen molar-refractivity contribution in [2.75, 3.05) is 0 Å². The zero-order valence-electron chi connectivity index (χ0n) is 16.7. The minimum absolute atomic E-state index is 0.0903. The van der Waals surface area contributed by atoms with Crippen LogP contribution in [-0.4, -0.2) is 27.1 Å². The van der Waals surface area contributed by atoms with Crippen molar-refractivity contribution in [2.45, 2.75) is 31.6 Å². The fourth-order valence-electron chi connectivity index (χ4n) is 3.62. The molecule has 0 spiro atoms. The lowest BCUT2D eigenvalue weighted by atomic mass is 9.89. The van der Waals surface area contributed by atoms with Crippen LogP contribution in [0.15, 0.2) is 56.1 Å². The molecule has 2 N–H and O–H groups in total. The second-order valence-corrected chi connectivity index (χ2v) is 7.87. The Morgan fingerprint density at radius 1 is 0.938 bits per heavy atom. The van der Waals surface area contributed by atoms with Crippen LogP contribution in [0.3, 0.4) is 0 Å². The zero-order valence-corrected chi connectivity index (χ0v) is 17.5. The summed E-state index contributed by atoms with van der Waals surface area (Å²) in [6, 6.07) is 11.7. The molecule has 0 aliphatic carbocycles. The van der Waals surface area contributed by atoms with Crippen LogP contribution >= 0.6 is 11.6 Å². The van der Waals surface area contributed by atoms with Gasteiger partial charge < -0.3 is 19.0 Å². The van der Waals surface area contributed by atoms with E-state index in [1.54, 1.807) is 42.5 Å². The summed E-state index contributed by atoms with van der Waals surface area (Å²) in [7, 11) is 0. The van der Waals surface area contributed by atoms with Crippen molar-refractivity contribution < 1.29 is 28.6 Å². The molecule has 8 nitrogen and oxygen atoms in total. The molecule has 32 heavy (non-hydrogen) atoms. The Morgan fingerprint density at radius 3 is 2.34 bits per heavy atom. The first-order valence-electron chi connectivity index (χ1n) is 9.88. The average Bonchev–Trinajstić information content (AvgIpc) is 3.15. The van der Waals surface area contributed by atoms with E-state index in [4.69, 9.17) is 30.6 Å². The van der Waals surface area contributed by atoms with Crippen LogP contribution in [0.4, 0.5) is 0 Å². The monoisotopic (exact) mass is 455 g/mol. The maximum atomic E-state index is 12.6. The van der Waals surface area contributed by atoms with Gasteiger partial charge in [-0.2, -0.15) is 0 Å². The number of fused-ring (bicyclic) bond motifs is 2. The first-order chi connectivity index (χ1) is 15.3. The topological polar surface area (TPSA) is 131 Å². The first kappa shape index (κ1) is 21.6. The normalized spacial score (nSPS) is 11.4. The molecular weight excluding hydrogens is 438 g/mol. The highest BCUT2D eigenvalue weighted by molar-refractivity contribution is 6.31. The summed E-state index contributed by atoms with van der Waals surface area (Å²) in [4.78, 5) is 38.9. The largest absolute Gasteiger partial charge is 0.481 e. The standard InChI is InChI=1S/C23H18ClNO7/c24-15-5-6-18-17(11-15)25-22(31-18)16-9-14-2-1-13(10-19(14)32-23(16)30)12(3-7-20(26)27)4-8-21(28)29/h1-2,5-6,9-12H,3-4,7-8H2,(H,26,27)(H,28,29). The van der Waals surface area contributed by atoms with E-state index in [0.29, 0.717) is 32.7 Å². The Balaban J connectivity index is 1.70. The Labute approximate surface area is 186 Å². The smallest absolute Gasteiger partial charge is 0.349 e. The summed E-state index contributed by atoms with van der Waals surface area (Å²) in [5.41, 5.74) is 1.55. The van der Waals surface area contributed by atoms with Crippen LogP contribution in [0.2, 0.25) is 5.02 Å². The number of carbonyl (C=O) groups is 2. The highest BCUT2D eigenvalue weighted by atomic mass is 35.5. The van der Waals surface area contributed by atoms with Gasteiger partial charge in [0.25, 0.3) is 0 Å². The SMILES string of the molecule is O=C(O)CCC(CCC(=O)O)c1ccc2cc(-c3nc4cc(Cl)ccc4o3)c(=O)oc2c1. The van der Waals surface area contributed by atoms with E-state index in [2.05, 4.69) is 4.98 Å². The molecule has 0 unspecified atom stereocenters. The van der Waals surface area contributed by atoms with Gasteiger partial charge in [-0.25, -0.2) is 9.78 Å². The molecular formula is C23H18ClNO7. The number of halogens is 1. The highest BCUT2D eigenvalue weighted by Gasteiger charge is 2.18. The molecule has 164 valence electrons. The number of benzene rings is 2. The average molecular weight is 456 g/mol. The Kier molecular flexibility index (Phi) is 5.96. The lowest BCUT2D eigenvalue weighted by molar-refractivity contribution is -0.137. The highest BCUT2D eigenvalue weighted by Crippen LogP contribution is 2.31. The summed E-state index contributed by atoms with van der Waals surface area (Å²) in [6.07, 6.45) is 0.379. The molecule has 4 aromatic rings. The van der Waals surface area contributed by atoms with Crippen LogP contribution in [0.5, 0.6) is 0 Å². The van der Waals surface area contributed by atoms with Gasteiger partial charge in [-0.05, 0) is 54.7 Å². The molecule has 2 aromatic heterocycles. The number of oxazole rings is 1. The van der Waals surface area contributed by atoms with Crippen molar-refractivity contribution in [1.29, 1.82) is 0 Å². The van der Waals surface area contributed by atoms with Crippen molar-refractivity contribution >= 4 is 45.6 Å². The van der Waals surface area contributed by atoms with E-state index >= 15 is 0 Å².